The fourth-order valence-electron chi connectivity index (χ4n) is 2.50. The van der Waals surface area contributed by atoms with Gasteiger partial charge in [0.1, 0.15) is 0 Å². The molecule has 0 saturated heterocycles. The first-order valence-corrected chi connectivity index (χ1v) is 7.13. The van der Waals surface area contributed by atoms with Crippen LogP contribution in [0.5, 0.6) is 0 Å². The van der Waals surface area contributed by atoms with Gasteiger partial charge in [-0.25, -0.2) is 4.68 Å². The first-order valence-electron chi connectivity index (χ1n) is 7.13. The second kappa shape index (κ2) is 5.21. The number of aromatic nitrogens is 3. The SMILES string of the molecule is CN(C)C1(CNCc2cn(C(C)(C)C)nn2)CCC1. The molecule has 0 aliphatic heterocycles. The van der Waals surface area contributed by atoms with Crippen molar-refractivity contribution in [2.24, 2.45) is 0 Å². The third-order valence-electron chi connectivity index (χ3n) is 4.22. The minimum absolute atomic E-state index is 0.00405. The number of nitrogens with one attached hydrogen (secondary N) is 1. The van der Waals surface area contributed by atoms with E-state index in [0.29, 0.717) is 5.54 Å². The maximum Gasteiger partial charge on any atom is 0.0965 e. The standard InChI is InChI=1S/C14H27N5/c1-13(2,3)19-10-12(16-17-19)9-15-11-14(18(4)5)7-6-8-14/h10,15H,6-9,11H2,1-5H3. The van der Waals surface area contributed by atoms with Gasteiger partial charge in [-0.3, -0.25) is 0 Å². The van der Waals surface area contributed by atoms with Crippen LogP contribution in [0.4, 0.5) is 0 Å². The maximum atomic E-state index is 4.23. The van der Waals surface area contributed by atoms with Crippen molar-refractivity contribution in [3.63, 3.8) is 0 Å². The Morgan fingerprint density at radius 1 is 1.37 bits per heavy atom. The van der Waals surface area contributed by atoms with Crippen LogP contribution >= 0.6 is 0 Å². The monoisotopic (exact) mass is 265 g/mol. The van der Waals surface area contributed by atoms with E-state index >= 15 is 0 Å². The molecule has 2 rings (SSSR count). The normalized spacial score (nSPS) is 18.6. The number of hydrogen-bond donors (Lipinski definition) is 1. The average molecular weight is 265 g/mol. The van der Waals surface area contributed by atoms with E-state index in [1.165, 1.54) is 19.3 Å². The summed E-state index contributed by atoms with van der Waals surface area (Å²) in [5.41, 5.74) is 1.38. The zero-order valence-electron chi connectivity index (χ0n) is 12.9. The summed E-state index contributed by atoms with van der Waals surface area (Å²) in [6.45, 7) is 8.23. The van der Waals surface area contributed by atoms with Crippen molar-refractivity contribution in [3.05, 3.63) is 11.9 Å². The van der Waals surface area contributed by atoms with E-state index in [1.54, 1.807) is 0 Å². The lowest BCUT2D eigenvalue weighted by Crippen LogP contribution is -2.56. The fraction of sp³-hybridized carbons (Fsp3) is 0.857. The molecular weight excluding hydrogens is 238 g/mol. The van der Waals surface area contributed by atoms with Gasteiger partial charge < -0.3 is 10.2 Å². The molecule has 19 heavy (non-hydrogen) atoms. The predicted octanol–water partition coefficient (Wildman–Crippen LogP) is 1.61. The van der Waals surface area contributed by atoms with E-state index in [1.807, 2.05) is 10.9 Å². The Bertz CT molecular complexity index is 412. The van der Waals surface area contributed by atoms with Crippen LogP contribution in [0.1, 0.15) is 45.7 Å². The van der Waals surface area contributed by atoms with Gasteiger partial charge in [-0.1, -0.05) is 5.21 Å². The molecule has 1 aliphatic carbocycles. The van der Waals surface area contributed by atoms with Crippen molar-refractivity contribution in [3.8, 4) is 0 Å². The molecule has 5 nitrogen and oxygen atoms in total. The van der Waals surface area contributed by atoms with E-state index in [2.05, 4.69) is 55.4 Å². The molecule has 1 aliphatic rings. The smallest absolute Gasteiger partial charge is 0.0965 e. The van der Waals surface area contributed by atoms with Crippen molar-refractivity contribution in [2.45, 2.75) is 57.7 Å². The quantitative estimate of drug-likeness (QED) is 0.878. The number of rotatable bonds is 5. The molecule has 0 aromatic carbocycles. The highest BCUT2D eigenvalue weighted by atomic mass is 15.4. The van der Waals surface area contributed by atoms with Crippen molar-refractivity contribution < 1.29 is 0 Å². The molecule has 108 valence electrons. The third kappa shape index (κ3) is 3.15. The summed E-state index contributed by atoms with van der Waals surface area (Å²) in [5, 5.41) is 11.9. The van der Waals surface area contributed by atoms with E-state index in [4.69, 9.17) is 0 Å². The zero-order valence-corrected chi connectivity index (χ0v) is 12.9. The van der Waals surface area contributed by atoms with Crippen LogP contribution in [-0.2, 0) is 12.1 Å². The molecule has 1 aromatic rings. The van der Waals surface area contributed by atoms with Crippen molar-refractivity contribution in [2.75, 3.05) is 20.6 Å². The van der Waals surface area contributed by atoms with E-state index in [9.17, 15) is 0 Å². The largest absolute Gasteiger partial charge is 0.309 e. The molecule has 5 heteroatoms. The summed E-state index contributed by atoms with van der Waals surface area (Å²) in [6, 6.07) is 0. The summed E-state index contributed by atoms with van der Waals surface area (Å²) < 4.78 is 1.93. The molecule has 1 saturated carbocycles. The minimum atomic E-state index is 0.00405. The summed E-state index contributed by atoms with van der Waals surface area (Å²) in [6.07, 6.45) is 5.97. The Kier molecular flexibility index (Phi) is 3.97. The van der Waals surface area contributed by atoms with Crippen LogP contribution in [0.2, 0.25) is 0 Å². The third-order valence-corrected chi connectivity index (χ3v) is 4.22. The van der Waals surface area contributed by atoms with Gasteiger partial charge in [-0.2, -0.15) is 0 Å². The van der Waals surface area contributed by atoms with Crippen LogP contribution in [0.15, 0.2) is 6.20 Å². The Morgan fingerprint density at radius 2 is 2.05 bits per heavy atom. The topological polar surface area (TPSA) is 46.0 Å². The number of nitrogens with zero attached hydrogens (tertiary/aromatic N) is 4. The molecule has 0 unspecified atom stereocenters. The van der Waals surface area contributed by atoms with Gasteiger partial charge in [-0.15, -0.1) is 5.10 Å². The van der Waals surface area contributed by atoms with Crippen LogP contribution in [-0.4, -0.2) is 46.1 Å². The molecule has 1 N–H and O–H groups in total. The number of likely N-dealkylation sites (N-methyl/N-ethyl adjacent to an activating group) is 1. The summed E-state index contributed by atoms with van der Waals surface area (Å²) >= 11 is 0. The summed E-state index contributed by atoms with van der Waals surface area (Å²) in [5.74, 6) is 0. The molecule has 0 bridgehead atoms. The van der Waals surface area contributed by atoms with Crippen LogP contribution in [0.3, 0.4) is 0 Å². The van der Waals surface area contributed by atoms with Crippen molar-refractivity contribution in [1.82, 2.24) is 25.2 Å². The summed E-state index contributed by atoms with van der Waals surface area (Å²) in [4.78, 5) is 2.36. The number of hydrogen-bond acceptors (Lipinski definition) is 4. The Hall–Kier alpha value is -0.940. The molecule has 1 fully saturated rings. The van der Waals surface area contributed by atoms with E-state index in [-0.39, 0.29) is 5.54 Å². The molecule has 0 atom stereocenters. The zero-order chi connectivity index (χ0) is 14.1. The van der Waals surface area contributed by atoms with Crippen molar-refractivity contribution in [1.29, 1.82) is 0 Å². The lowest BCUT2D eigenvalue weighted by Gasteiger charge is -2.47. The Balaban J connectivity index is 1.84. The molecule has 0 amide bonds. The highest BCUT2D eigenvalue weighted by Gasteiger charge is 2.38. The van der Waals surface area contributed by atoms with Gasteiger partial charge >= 0.3 is 0 Å². The van der Waals surface area contributed by atoms with Crippen LogP contribution < -0.4 is 5.32 Å². The summed E-state index contributed by atoms with van der Waals surface area (Å²) in [7, 11) is 4.35. The highest BCUT2D eigenvalue weighted by molar-refractivity contribution is 4.99. The molecular formula is C14H27N5. The van der Waals surface area contributed by atoms with Gasteiger partial charge in [0.2, 0.25) is 0 Å². The maximum absolute atomic E-state index is 4.23. The first-order chi connectivity index (χ1) is 8.83. The molecule has 0 spiro atoms. The van der Waals surface area contributed by atoms with Gasteiger partial charge in [0.15, 0.2) is 0 Å². The Morgan fingerprint density at radius 3 is 2.47 bits per heavy atom. The lowest BCUT2D eigenvalue weighted by atomic mass is 9.75. The average Bonchev–Trinajstić information content (AvgIpc) is 2.69. The molecule has 1 heterocycles. The van der Waals surface area contributed by atoms with Crippen LogP contribution in [0, 0.1) is 0 Å². The Labute approximate surface area is 116 Å². The highest BCUT2D eigenvalue weighted by Crippen LogP contribution is 2.35. The van der Waals surface area contributed by atoms with Gasteiger partial charge in [0.05, 0.1) is 17.4 Å². The van der Waals surface area contributed by atoms with Gasteiger partial charge in [-0.05, 0) is 54.1 Å². The van der Waals surface area contributed by atoms with Crippen molar-refractivity contribution >= 4 is 0 Å². The predicted molar refractivity (Wildman–Crippen MR) is 77.0 cm³/mol. The molecule has 0 radical (unpaired) electrons. The fourth-order valence-corrected chi connectivity index (χ4v) is 2.50. The lowest BCUT2D eigenvalue weighted by molar-refractivity contribution is 0.0597. The minimum Gasteiger partial charge on any atom is -0.309 e. The van der Waals surface area contributed by atoms with Crippen LogP contribution in [0.25, 0.3) is 0 Å². The second-order valence-corrected chi connectivity index (χ2v) is 6.90. The van der Waals surface area contributed by atoms with Gasteiger partial charge in [0, 0.05) is 18.6 Å². The van der Waals surface area contributed by atoms with E-state index < -0.39 is 0 Å². The molecule has 1 aromatic heterocycles. The first kappa shape index (κ1) is 14.5. The van der Waals surface area contributed by atoms with Gasteiger partial charge in [0.25, 0.3) is 0 Å². The van der Waals surface area contributed by atoms with E-state index in [0.717, 1.165) is 18.8 Å². The second-order valence-electron chi connectivity index (χ2n) is 6.90.